The number of likely N-dealkylation sites (tertiary alicyclic amines) is 1. The van der Waals surface area contributed by atoms with Crippen LogP contribution in [0.5, 0.6) is 0 Å². The van der Waals surface area contributed by atoms with Gasteiger partial charge in [-0.1, -0.05) is 29.8 Å². The van der Waals surface area contributed by atoms with Crippen molar-refractivity contribution in [3.63, 3.8) is 0 Å². The van der Waals surface area contributed by atoms with E-state index in [-0.39, 0.29) is 0 Å². The van der Waals surface area contributed by atoms with Gasteiger partial charge < -0.3 is 15.5 Å². The average Bonchev–Trinajstić information content (AvgIpc) is 2.52. The number of aryl methyl sites for hydroxylation is 1. The molecule has 22 heavy (non-hydrogen) atoms. The second-order valence-electron chi connectivity index (χ2n) is 6.38. The van der Waals surface area contributed by atoms with Crippen molar-refractivity contribution in [3.8, 4) is 0 Å². The number of guanidine groups is 1. The molecule has 1 aromatic rings. The first-order valence-electron chi connectivity index (χ1n) is 8.36. The highest BCUT2D eigenvalue weighted by Crippen LogP contribution is 2.18. The largest absolute Gasteiger partial charge is 0.356 e. The van der Waals surface area contributed by atoms with Crippen LogP contribution in [0.4, 0.5) is 0 Å². The number of nitrogens with one attached hydrogen (secondary N) is 2. The zero-order valence-corrected chi connectivity index (χ0v) is 14.2. The maximum absolute atomic E-state index is 4.31. The lowest BCUT2D eigenvalue weighted by molar-refractivity contribution is 0.213. The first kappa shape index (κ1) is 16.8. The smallest absolute Gasteiger partial charge is 0.191 e. The highest BCUT2D eigenvalue weighted by Gasteiger charge is 2.16. The van der Waals surface area contributed by atoms with Crippen LogP contribution in [0, 0.1) is 12.8 Å². The van der Waals surface area contributed by atoms with Gasteiger partial charge in [0.15, 0.2) is 5.96 Å². The molecule has 0 unspecified atom stereocenters. The molecule has 0 spiro atoms. The van der Waals surface area contributed by atoms with Crippen LogP contribution in [0.2, 0.25) is 0 Å². The van der Waals surface area contributed by atoms with Gasteiger partial charge in [0.25, 0.3) is 0 Å². The summed E-state index contributed by atoms with van der Waals surface area (Å²) in [4.78, 5) is 6.73. The average molecular weight is 302 g/mol. The molecule has 1 fully saturated rings. The fourth-order valence-electron chi connectivity index (χ4n) is 2.97. The minimum Gasteiger partial charge on any atom is -0.356 e. The number of hydrogen-bond donors (Lipinski definition) is 2. The Bertz CT molecular complexity index is 476. The monoisotopic (exact) mass is 302 g/mol. The SMILES string of the molecule is CN=C(NCCC1CCN(C)CC1)NCc1cccc(C)c1. The van der Waals surface area contributed by atoms with Crippen LogP contribution >= 0.6 is 0 Å². The first-order valence-corrected chi connectivity index (χ1v) is 8.36. The maximum atomic E-state index is 4.31. The summed E-state index contributed by atoms with van der Waals surface area (Å²) in [5, 5.41) is 6.83. The van der Waals surface area contributed by atoms with Gasteiger partial charge in [-0.25, -0.2) is 0 Å². The van der Waals surface area contributed by atoms with E-state index in [1.807, 2.05) is 7.05 Å². The normalized spacial score (nSPS) is 17.5. The molecular weight excluding hydrogens is 272 g/mol. The molecule has 1 aliphatic rings. The van der Waals surface area contributed by atoms with E-state index in [2.05, 4.69) is 58.8 Å². The standard InChI is InChI=1S/C18H30N4/c1-15-5-4-6-17(13-15)14-21-18(19-2)20-10-7-16-8-11-22(3)12-9-16/h4-6,13,16H,7-12,14H2,1-3H3,(H2,19,20,21). The lowest BCUT2D eigenvalue weighted by Crippen LogP contribution is -2.38. The number of nitrogens with zero attached hydrogens (tertiary/aromatic N) is 2. The molecule has 1 saturated heterocycles. The van der Waals surface area contributed by atoms with Crippen molar-refractivity contribution >= 4 is 5.96 Å². The summed E-state index contributed by atoms with van der Waals surface area (Å²) >= 11 is 0. The number of aliphatic imine (C=N–C) groups is 1. The first-order chi connectivity index (χ1) is 10.7. The molecule has 0 aliphatic carbocycles. The lowest BCUT2D eigenvalue weighted by atomic mass is 9.94. The second-order valence-corrected chi connectivity index (χ2v) is 6.38. The zero-order chi connectivity index (χ0) is 15.8. The number of hydrogen-bond acceptors (Lipinski definition) is 2. The van der Waals surface area contributed by atoms with E-state index in [4.69, 9.17) is 0 Å². The third-order valence-corrected chi connectivity index (χ3v) is 4.45. The fourth-order valence-corrected chi connectivity index (χ4v) is 2.97. The predicted molar refractivity (Wildman–Crippen MR) is 94.2 cm³/mol. The van der Waals surface area contributed by atoms with Crippen molar-refractivity contribution in [3.05, 3.63) is 35.4 Å². The van der Waals surface area contributed by atoms with Crippen molar-refractivity contribution in [2.75, 3.05) is 33.7 Å². The van der Waals surface area contributed by atoms with Gasteiger partial charge in [-0.05, 0) is 57.8 Å². The Morgan fingerprint density at radius 1 is 1.27 bits per heavy atom. The summed E-state index contributed by atoms with van der Waals surface area (Å²) in [6.45, 7) is 6.42. The van der Waals surface area contributed by atoms with E-state index in [1.165, 1.54) is 43.5 Å². The zero-order valence-electron chi connectivity index (χ0n) is 14.2. The van der Waals surface area contributed by atoms with Gasteiger partial charge in [0.1, 0.15) is 0 Å². The van der Waals surface area contributed by atoms with E-state index in [9.17, 15) is 0 Å². The Hall–Kier alpha value is -1.55. The van der Waals surface area contributed by atoms with Gasteiger partial charge in [-0.2, -0.15) is 0 Å². The quantitative estimate of drug-likeness (QED) is 0.648. The maximum Gasteiger partial charge on any atom is 0.191 e. The van der Waals surface area contributed by atoms with E-state index in [0.717, 1.165) is 25.0 Å². The van der Waals surface area contributed by atoms with E-state index in [1.54, 1.807) is 0 Å². The molecular formula is C18H30N4. The Morgan fingerprint density at radius 2 is 2.05 bits per heavy atom. The third kappa shape index (κ3) is 5.68. The Morgan fingerprint density at radius 3 is 2.73 bits per heavy atom. The van der Waals surface area contributed by atoms with E-state index < -0.39 is 0 Å². The van der Waals surface area contributed by atoms with Crippen molar-refractivity contribution in [1.82, 2.24) is 15.5 Å². The summed E-state index contributed by atoms with van der Waals surface area (Å²) in [5.74, 6) is 1.76. The minimum absolute atomic E-state index is 0.815. The molecule has 0 bridgehead atoms. The topological polar surface area (TPSA) is 39.7 Å². The summed E-state index contributed by atoms with van der Waals surface area (Å²) in [6.07, 6.45) is 3.89. The third-order valence-electron chi connectivity index (χ3n) is 4.45. The lowest BCUT2D eigenvalue weighted by Gasteiger charge is -2.29. The molecule has 0 amide bonds. The van der Waals surface area contributed by atoms with Crippen molar-refractivity contribution in [2.24, 2.45) is 10.9 Å². The van der Waals surface area contributed by atoms with Gasteiger partial charge in [-0.3, -0.25) is 4.99 Å². The van der Waals surface area contributed by atoms with Crippen molar-refractivity contribution in [2.45, 2.75) is 32.7 Å². The van der Waals surface area contributed by atoms with Crippen LogP contribution < -0.4 is 10.6 Å². The fraction of sp³-hybridized carbons (Fsp3) is 0.611. The van der Waals surface area contributed by atoms with Crippen LogP contribution in [0.1, 0.15) is 30.4 Å². The second kappa shape index (κ2) is 8.79. The summed E-state index contributed by atoms with van der Waals surface area (Å²) in [6, 6.07) is 8.57. The molecule has 122 valence electrons. The molecule has 4 heteroatoms. The number of piperidine rings is 1. The van der Waals surface area contributed by atoms with Crippen LogP contribution in [-0.4, -0.2) is 44.6 Å². The van der Waals surface area contributed by atoms with Gasteiger partial charge in [0.2, 0.25) is 0 Å². The molecule has 0 radical (unpaired) electrons. The van der Waals surface area contributed by atoms with Gasteiger partial charge in [-0.15, -0.1) is 0 Å². The highest BCUT2D eigenvalue weighted by atomic mass is 15.2. The Labute approximate surface area is 135 Å². The molecule has 1 aliphatic heterocycles. The van der Waals surface area contributed by atoms with Crippen molar-refractivity contribution < 1.29 is 0 Å². The summed E-state index contributed by atoms with van der Waals surface area (Å²) in [7, 11) is 4.05. The minimum atomic E-state index is 0.815. The molecule has 0 saturated carbocycles. The Kier molecular flexibility index (Phi) is 6.72. The summed E-state index contributed by atoms with van der Waals surface area (Å²) in [5.41, 5.74) is 2.59. The van der Waals surface area contributed by atoms with Gasteiger partial charge >= 0.3 is 0 Å². The molecule has 2 rings (SSSR count). The molecule has 1 aromatic carbocycles. The van der Waals surface area contributed by atoms with Crippen LogP contribution in [0.25, 0.3) is 0 Å². The van der Waals surface area contributed by atoms with Gasteiger partial charge in [0, 0.05) is 20.1 Å². The van der Waals surface area contributed by atoms with Crippen LogP contribution in [0.3, 0.4) is 0 Å². The highest BCUT2D eigenvalue weighted by molar-refractivity contribution is 5.79. The van der Waals surface area contributed by atoms with Crippen molar-refractivity contribution in [1.29, 1.82) is 0 Å². The number of rotatable bonds is 5. The summed E-state index contributed by atoms with van der Waals surface area (Å²) < 4.78 is 0. The molecule has 2 N–H and O–H groups in total. The Balaban J connectivity index is 1.67. The molecule has 0 atom stereocenters. The molecule has 1 heterocycles. The van der Waals surface area contributed by atoms with Gasteiger partial charge in [0.05, 0.1) is 0 Å². The van der Waals surface area contributed by atoms with Crippen LogP contribution in [0.15, 0.2) is 29.3 Å². The van der Waals surface area contributed by atoms with E-state index in [0.29, 0.717) is 0 Å². The molecule has 0 aromatic heterocycles. The van der Waals surface area contributed by atoms with E-state index >= 15 is 0 Å². The number of benzene rings is 1. The van der Waals surface area contributed by atoms with Crippen LogP contribution in [-0.2, 0) is 6.54 Å². The molecule has 4 nitrogen and oxygen atoms in total. The predicted octanol–water partition coefficient (Wildman–Crippen LogP) is 2.39.